The summed E-state index contributed by atoms with van der Waals surface area (Å²) in [4.78, 5) is 1.54. The molecule has 3 rings (SSSR count). The minimum absolute atomic E-state index is 0.121. The van der Waals surface area contributed by atoms with Crippen molar-refractivity contribution in [2.75, 3.05) is 18.9 Å². The molecule has 0 bridgehead atoms. The first-order chi connectivity index (χ1) is 12.8. The van der Waals surface area contributed by atoms with Crippen molar-refractivity contribution in [3.05, 3.63) is 39.2 Å². The third-order valence-electron chi connectivity index (χ3n) is 3.88. The second-order valence-corrected chi connectivity index (χ2v) is 9.04. The van der Waals surface area contributed by atoms with Crippen molar-refractivity contribution in [3.8, 4) is 22.8 Å². The van der Waals surface area contributed by atoms with Crippen molar-refractivity contribution >= 4 is 38.6 Å². The van der Waals surface area contributed by atoms with Crippen molar-refractivity contribution in [2.24, 2.45) is 0 Å². The molecule has 0 saturated carbocycles. The summed E-state index contributed by atoms with van der Waals surface area (Å²) in [7, 11) is -1.09. The number of thiophene rings is 1. The Hall–Kier alpha value is -2.23. The van der Waals surface area contributed by atoms with Gasteiger partial charge in [0, 0.05) is 28.0 Å². The molecule has 10 heteroatoms. The SMILES string of the molecule is COc1cc(Cl)c(NS(=O)(=O)c2c(C)sc(C)c2-c2ccno2)c(OC)c1. The molecular formula is C17H17ClN2O5S2. The van der Waals surface area contributed by atoms with E-state index in [9.17, 15) is 8.42 Å². The van der Waals surface area contributed by atoms with Gasteiger partial charge in [-0.3, -0.25) is 4.72 Å². The second kappa shape index (κ2) is 7.41. The molecular weight excluding hydrogens is 412 g/mol. The lowest BCUT2D eigenvalue weighted by molar-refractivity contribution is 0.395. The number of aryl methyl sites for hydroxylation is 2. The van der Waals surface area contributed by atoms with Crippen LogP contribution in [0.3, 0.4) is 0 Å². The maximum Gasteiger partial charge on any atom is 0.263 e. The van der Waals surface area contributed by atoms with Gasteiger partial charge in [0.15, 0.2) is 5.76 Å². The van der Waals surface area contributed by atoms with Crippen LogP contribution < -0.4 is 14.2 Å². The van der Waals surface area contributed by atoms with Gasteiger partial charge < -0.3 is 14.0 Å². The Bertz CT molecular complexity index is 1080. The quantitative estimate of drug-likeness (QED) is 0.622. The molecule has 1 aromatic carbocycles. The number of nitrogens with zero attached hydrogens (tertiary/aromatic N) is 1. The highest BCUT2D eigenvalue weighted by atomic mass is 35.5. The summed E-state index contributed by atoms with van der Waals surface area (Å²) < 4.78 is 44.6. The van der Waals surface area contributed by atoms with Gasteiger partial charge in [0.25, 0.3) is 10.0 Å². The van der Waals surface area contributed by atoms with Crippen molar-refractivity contribution in [2.45, 2.75) is 18.7 Å². The lowest BCUT2D eigenvalue weighted by Crippen LogP contribution is -2.15. The number of hydrogen-bond acceptors (Lipinski definition) is 7. The number of rotatable bonds is 6. The predicted octanol–water partition coefficient (Wildman–Crippen LogP) is 4.49. The first-order valence-electron chi connectivity index (χ1n) is 7.74. The van der Waals surface area contributed by atoms with Crippen LogP contribution >= 0.6 is 22.9 Å². The zero-order valence-corrected chi connectivity index (χ0v) is 17.4. The summed E-state index contributed by atoms with van der Waals surface area (Å²) in [5, 5.41) is 3.83. The lowest BCUT2D eigenvalue weighted by atomic mass is 10.2. The van der Waals surface area contributed by atoms with Gasteiger partial charge in [-0.2, -0.15) is 0 Å². The zero-order chi connectivity index (χ0) is 19.8. The molecule has 0 aliphatic heterocycles. The smallest absolute Gasteiger partial charge is 0.263 e. The molecule has 0 atom stereocenters. The van der Waals surface area contributed by atoms with E-state index >= 15 is 0 Å². The fourth-order valence-electron chi connectivity index (χ4n) is 2.74. The fourth-order valence-corrected chi connectivity index (χ4v) is 6.00. The molecule has 0 amide bonds. The molecule has 1 N–H and O–H groups in total. The van der Waals surface area contributed by atoms with Crippen LogP contribution in [0.25, 0.3) is 11.3 Å². The average molecular weight is 429 g/mol. The van der Waals surface area contributed by atoms with Crippen LogP contribution in [0.1, 0.15) is 9.75 Å². The Morgan fingerprint density at radius 3 is 2.52 bits per heavy atom. The van der Waals surface area contributed by atoms with E-state index in [4.69, 9.17) is 25.6 Å². The number of aromatic nitrogens is 1. The Labute approximate surface area is 165 Å². The molecule has 2 aromatic heterocycles. The Morgan fingerprint density at radius 1 is 1.19 bits per heavy atom. The largest absolute Gasteiger partial charge is 0.497 e. The maximum absolute atomic E-state index is 13.2. The highest BCUT2D eigenvalue weighted by Gasteiger charge is 2.29. The minimum Gasteiger partial charge on any atom is -0.497 e. The van der Waals surface area contributed by atoms with E-state index in [-0.39, 0.29) is 21.4 Å². The summed E-state index contributed by atoms with van der Waals surface area (Å²) in [5.41, 5.74) is 0.609. The average Bonchev–Trinajstić information content (AvgIpc) is 3.23. The first kappa shape index (κ1) is 19.5. The van der Waals surface area contributed by atoms with Crippen LogP contribution in [0.2, 0.25) is 5.02 Å². The fraction of sp³-hybridized carbons (Fsp3) is 0.235. The number of hydrogen-bond donors (Lipinski definition) is 1. The van der Waals surface area contributed by atoms with E-state index in [1.165, 1.54) is 37.8 Å². The molecule has 0 unspecified atom stereocenters. The second-order valence-electron chi connectivity index (χ2n) is 5.59. The number of sulfonamides is 1. The molecule has 0 radical (unpaired) electrons. The van der Waals surface area contributed by atoms with Crippen molar-refractivity contribution in [3.63, 3.8) is 0 Å². The number of nitrogens with one attached hydrogen (secondary N) is 1. The Balaban J connectivity index is 2.13. The van der Waals surface area contributed by atoms with Gasteiger partial charge in [0.2, 0.25) is 0 Å². The molecule has 0 saturated heterocycles. The molecule has 0 fully saturated rings. The number of anilines is 1. The summed E-state index contributed by atoms with van der Waals surface area (Å²) in [6.07, 6.45) is 1.47. The third-order valence-corrected chi connectivity index (χ3v) is 6.85. The summed E-state index contributed by atoms with van der Waals surface area (Å²) in [5.74, 6) is 1.07. The Kier molecular flexibility index (Phi) is 5.36. The summed E-state index contributed by atoms with van der Waals surface area (Å²) in [6, 6.07) is 4.67. The van der Waals surface area contributed by atoms with Crippen molar-refractivity contribution in [1.82, 2.24) is 5.16 Å². The standard InChI is InChI=1S/C17H17ClN2O5S2/c1-9-15(13-5-6-19-25-13)17(10(2)26-9)27(21,22)20-16-12(18)7-11(23-3)8-14(16)24-4/h5-8,20H,1-4H3. The van der Waals surface area contributed by atoms with E-state index in [0.29, 0.717) is 22.0 Å². The van der Waals surface area contributed by atoms with Gasteiger partial charge in [0.1, 0.15) is 22.1 Å². The van der Waals surface area contributed by atoms with Crippen molar-refractivity contribution in [1.29, 1.82) is 0 Å². The summed E-state index contributed by atoms with van der Waals surface area (Å²) >= 11 is 7.62. The van der Waals surface area contributed by atoms with Gasteiger partial charge in [-0.1, -0.05) is 16.8 Å². The topological polar surface area (TPSA) is 90.7 Å². The number of methoxy groups -OCH3 is 2. The van der Waals surface area contributed by atoms with Gasteiger partial charge in [-0.25, -0.2) is 8.42 Å². The van der Waals surface area contributed by atoms with Crippen LogP contribution in [0, 0.1) is 13.8 Å². The molecule has 0 aliphatic rings. The van der Waals surface area contributed by atoms with Crippen molar-refractivity contribution < 1.29 is 22.4 Å². The van der Waals surface area contributed by atoms with E-state index in [0.717, 1.165) is 4.88 Å². The summed E-state index contributed by atoms with van der Waals surface area (Å²) in [6.45, 7) is 3.56. The highest BCUT2D eigenvalue weighted by Crippen LogP contribution is 2.42. The molecule has 27 heavy (non-hydrogen) atoms. The van der Waals surface area contributed by atoms with E-state index in [2.05, 4.69) is 9.88 Å². The van der Waals surface area contributed by atoms with Crippen LogP contribution in [-0.4, -0.2) is 27.8 Å². The minimum atomic E-state index is -3.99. The number of benzene rings is 1. The zero-order valence-electron chi connectivity index (χ0n) is 15.0. The van der Waals surface area contributed by atoms with Crippen LogP contribution in [0.15, 0.2) is 33.8 Å². The van der Waals surface area contributed by atoms with Crippen LogP contribution in [-0.2, 0) is 10.0 Å². The van der Waals surface area contributed by atoms with Gasteiger partial charge in [0.05, 0.1) is 31.0 Å². The lowest BCUT2D eigenvalue weighted by Gasteiger charge is -2.15. The van der Waals surface area contributed by atoms with Crippen LogP contribution in [0.5, 0.6) is 11.5 Å². The van der Waals surface area contributed by atoms with E-state index in [1.54, 1.807) is 19.1 Å². The normalized spacial score (nSPS) is 11.4. The maximum atomic E-state index is 13.2. The monoisotopic (exact) mass is 428 g/mol. The van der Waals surface area contributed by atoms with E-state index < -0.39 is 10.0 Å². The predicted molar refractivity (Wildman–Crippen MR) is 105 cm³/mol. The first-order valence-corrected chi connectivity index (χ1v) is 10.4. The van der Waals surface area contributed by atoms with E-state index in [1.807, 2.05) is 6.92 Å². The molecule has 0 aliphatic carbocycles. The molecule has 7 nitrogen and oxygen atoms in total. The Morgan fingerprint density at radius 2 is 1.93 bits per heavy atom. The van der Waals surface area contributed by atoms with Crippen LogP contribution in [0.4, 0.5) is 5.69 Å². The highest BCUT2D eigenvalue weighted by molar-refractivity contribution is 7.93. The molecule has 2 heterocycles. The third kappa shape index (κ3) is 3.62. The molecule has 3 aromatic rings. The van der Waals surface area contributed by atoms with Gasteiger partial charge in [-0.05, 0) is 13.8 Å². The molecule has 144 valence electrons. The molecule has 0 spiro atoms. The van der Waals surface area contributed by atoms with Gasteiger partial charge in [-0.15, -0.1) is 11.3 Å². The van der Waals surface area contributed by atoms with Gasteiger partial charge >= 0.3 is 0 Å². The number of halogens is 1. The number of ether oxygens (including phenoxy) is 2.